The van der Waals surface area contributed by atoms with E-state index in [4.69, 9.17) is 0 Å². The fourth-order valence-electron chi connectivity index (χ4n) is 3.78. The van der Waals surface area contributed by atoms with Crippen LogP contribution in [0.15, 0.2) is 48.5 Å². The molecule has 1 heterocycles. The van der Waals surface area contributed by atoms with Crippen LogP contribution in [0.25, 0.3) is 0 Å². The molecule has 0 N–H and O–H groups in total. The number of anilines is 1. The maximum Gasteiger partial charge on any atom is 0.393 e. The molecule has 0 bridgehead atoms. The number of halogens is 3. The minimum atomic E-state index is -4.16. The van der Waals surface area contributed by atoms with Crippen molar-refractivity contribution >= 4 is 5.69 Å². The average Bonchev–Trinajstić information content (AvgIpc) is 3.00. The van der Waals surface area contributed by atoms with Crippen LogP contribution in [0.4, 0.5) is 18.9 Å². The van der Waals surface area contributed by atoms with Crippen molar-refractivity contribution in [2.24, 2.45) is 0 Å². The van der Waals surface area contributed by atoms with Crippen LogP contribution in [0.3, 0.4) is 0 Å². The van der Waals surface area contributed by atoms with E-state index in [1.54, 1.807) is 12.1 Å². The molecular formula is C22H28F3N3. The highest BCUT2D eigenvalue weighted by Gasteiger charge is 2.30. The average molecular weight is 391 g/mol. The Kier molecular flexibility index (Phi) is 6.30. The third-order valence-electron chi connectivity index (χ3n) is 5.33. The summed E-state index contributed by atoms with van der Waals surface area (Å²) in [6.07, 6.45) is -3.96. The number of nitrogens with zero attached hydrogens (tertiary/aromatic N) is 3. The van der Waals surface area contributed by atoms with Gasteiger partial charge in [0.2, 0.25) is 0 Å². The second-order valence-corrected chi connectivity index (χ2v) is 7.73. The molecule has 6 heteroatoms. The second-order valence-electron chi connectivity index (χ2n) is 7.73. The number of hydrogen-bond donors (Lipinski definition) is 0. The molecule has 1 aliphatic rings. The molecule has 152 valence electrons. The highest BCUT2D eigenvalue weighted by atomic mass is 19.4. The first-order valence-corrected chi connectivity index (χ1v) is 9.59. The summed E-state index contributed by atoms with van der Waals surface area (Å²) >= 11 is 0. The largest absolute Gasteiger partial charge is 0.393 e. The van der Waals surface area contributed by atoms with Crippen molar-refractivity contribution in [3.05, 3.63) is 65.2 Å². The van der Waals surface area contributed by atoms with Gasteiger partial charge in [0.15, 0.2) is 0 Å². The lowest BCUT2D eigenvalue weighted by Gasteiger charge is -2.29. The maximum absolute atomic E-state index is 12.5. The molecule has 1 saturated heterocycles. The predicted molar refractivity (Wildman–Crippen MR) is 108 cm³/mol. The molecule has 2 aromatic carbocycles. The van der Waals surface area contributed by atoms with Gasteiger partial charge in [-0.05, 0) is 42.3 Å². The lowest BCUT2D eigenvalue weighted by Crippen LogP contribution is -2.30. The van der Waals surface area contributed by atoms with E-state index in [0.717, 1.165) is 31.6 Å². The van der Waals surface area contributed by atoms with E-state index >= 15 is 0 Å². The minimum Gasteiger partial charge on any atom is -0.378 e. The minimum absolute atomic E-state index is 0.237. The molecule has 28 heavy (non-hydrogen) atoms. The molecule has 0 spiro atoms. The van der Waals surface area contributed by atoms with Gasteiger partial charge in [-0.3, -0.25) is 9.80 Å². The monoisotopic (exact) mass is 391 g/mol. The molecule has 3 rings (SSSR count). The maximum atomic E-state index is 12.5. The summed E-state index contributed by atoms with van der Waals surface area (Å²) in [7, 11) is 6.20. The molecule has 0 radical (unpaired) electrons. The lowest BCUT2D eigenvalue weighted by atomic mass is 10.1. The molecule has 1 aliphatic heterocycles. The summed E-state index contributed by atoms with van der Waals surface area (Å²) in [6.45, 7) is 2.87. The van der Waals surface area contributed by atoms with E-state index in [1.165, 1.54) is 11.3 Å². The van der Waals surface area contributed by atoms with Gasteiger partial charge in [-0.25, -0.2) is 0 Å². The van der Waals surface area contributed by atoms with Gasteiger partial charge in [-0.15, -0.1) is 0 Å². The van der Waals surface area contributed by atoms with E-state index < -0.39 is 12.6 Å². The quantitative estimate of drug-likeness (QED) is 0.725. The Balaban J connectivity index is 1.63. The van der Waals surface area contributed by atoms with E-state index in [-0.39, 0.29) is 6.17 Å². The van der Waals surface area contributed by atoms with Crippen LogP contribution in [0.2, 0.25) is 0 Å². The third-order valence-corrected chi connectivity index (χ3v) is 5.33. The fourth-order valence-corrected chi connectivity index (χ4v) is 3.78. The lowest BCUT2D eigenvalue weighted by molar-refractivity contribution is -0.127. The summed E-state index contributed by atoms with van der Waals surface area (Å²) in [5.74, 6) is 0. The number of alkyl halides is 3. The SMILES string of the molecule is CN(C)c1ccc(C2N(C)CCN2CCc2ccc(CC(F)(F)F)cc2)cc1. The van der Waals surface area contributed by atoms with Crippen LogP contribution in [-0.2, 0) is 12.8 Å². The molecule has 2 aromatic rings. The van der Waals surface area contributed by atoms with Gasteiger partial charge >= 0.3 is 6.18 Å². The van der Waals surface area contributed by atoms with Crippen molar-refractivity contribution in [3.63, 3.8) is 0 Å². The van der Waals surface area contributed by atoms with Gasteiger partial charge in [0.1, 0.15) is 0 Å². The first-order chi connectivity index (χ1) is 13.2. The Bertz CT molecular complexity index is 754. The Morgan fingerprint density at radius 1 is 0.929 bits per heavy atom. The molecule has 0 saturated carbocycles. The van der Waals surface area contributed by atoms with Crippen LogP contribution in [0.1, 0.15) is 22.9 Å². The van der Waals surface area contributed by atoms with Crippen molar-refractivity contribution in [1.82, 2.24) is 9.80 Å². The van der Waals surface area contributed by atoms with Crippen molar-refractivity contribution in [2.75, 3.05) is 45.7 Å². The summed E-state index contributed by atoms with van der Waals surface area (Å²) < 4.78 is 37.5. The summed E-state index contributed by atoms with van der Waals surface area (Å²) in [5.41, 5.74) is 3.83. The fraction of sp³-hybridized carbons (Fsp3) is 0.455. The number of hydrogen-bond acceptors (Lipinski definition) is 3. The highest BCUT2D eigenvalue weighted by Crippen LogP contribution is 2.30. The molecule has 1 fully saturated rings. The third kappa shape index (κ3) is 5.26. The molecule has 1 unspecified atom stereocenters. The van der Waals surface area contributed by atoms with Gasteiger partial charge in [-0.2, -0.15) is 13.2 Å². The van der Waals surface area contributed by atoms with Gasteiger partial charge in [0.05, 0.1) is 12.6 Å². The van der Waals surface area contributed by atoms with E-state index in [2.05, 4.69) is 46.0 Å². The van der Waals surface area contributed by atoms with Gasteiger partial charge in [0, 0.05) is 39.4 Å². The Hall–Kier alpha value is -2.05. The van der Waals surface area contributed by atoms with Crippen molar-refractivity contribution in [3.8, 4) is 0 Å². The van der Waals surface area contributed by atoms with Gasteiger partial charge in [-0.1, -0.05) is 36.4 Å². The molecule has 0 aliphatic carbocycles. The van der Waals surface area contributed by atoms with Crippen LogP contribution in [0, 0.1) is 0 Å². The zero-order chi connectivity index (χ0) is 20.3. The normalized spacial score (nSPS) is 18.6. The van der Waals surface area contributed by atoms with E-state index in [1.807, 2.05) is 26.2 Å². The Morgan fingerprint density at radius 2 is 1.54 bits per heavy atom. The number of likely N-dealkylation sites (N-methyl/N-ethyl adjacent to an activating group) is 1. The molecule has 3 nitrogen and oxygen atoms in total. The summed E-state index contributed by atoms with van der Waals surface area (Å²) in [4.78, 5) is 6.87. The van der Waals surface area contributed by atoms with Gasteiger partial charge in [0.25, 0.3) is 0 Å². The Morgan fingerprint density at radius 3 is 2.11 bits per heavy atom. The first kappa shape index (κ1) is 20.7. The second kappa shape index (κ2) is 8.53. The zero-order valence-corrected chi connectivity index (χ0v) is 16.7. The highest BCUT2D eigenvalue weighted by molar-refractivity contribution is 5.46. The van der Waals surface area contributed by atoms with Crippen LogP contribution >= 0.6 is 0 Å². The van der Waals surface area contributed by atoms with Gasteiger partial charge < -0.3 is 4.90 Å². The predicted octanol–water partition coefficient (Wildman–Crippen LogP) is 4.35. The molecule has 1 atom stereocenters. The standard InChI is InChI=1S/C22H28F3N3/c1-26(2)20-10-8-19(9-11-20)21-27(3)14-15-28(21)13-12-17-4-6-18(7-5-17)16-22(23,24)25/h4-11,21H,12-16H2,1-3H3. The van der Waals surface area contributed by atoms with Crippen molar-refractivity contribution < 1.29 is 13.2 Å². The smallest absolute Gasteiger partial charge is 0.378 e. The number of benzene rings is 2. The topological polar surface area (TPSA) is 9.72 Å². The number of rotatable bonds is 6. The van der Waals surface area contributed by atoms with Crippen molar-refractivity contribution in [1.29, 1.82) is 0 Å². The first-order valence-electron chi connectivity index (χ1n) is 9.59. The van der Waals surface area contributed by atoms with E-state index in [0.29, 0.717) is 5.56 Å². The summed E-state index contributed by atoms with van der Waals surface area (Å²) in [5, 5.41) is 0. The Labute approximate surface area is 165 Å². The van der Waals surface area contributed by atoms with E-state index in [9.17, 15) is 13.2 Å². The molecular weight excluding hydrogens is 363 g/mol. The van der Waals surface area contributed by atoms with Crippen LogP contribution in [-0.4, -0.2) is 56.8 Å². The summed E-state index contributed by atoms with van der Waals surface area (Å²) in [6, 6.07) is 15.5. The van der Waals surface area contributed by atoms with Crippen LogP contribution < -0.4 is 4.90 Å². The van der Waals surface area contributed by atoms with Crippen LogP contribution in [0.5, 0.6) is 0 Å². The van der Waals surface area contributed by atoms with Crippen molar-refractivity contribution in [2.45, 2.75) is 25.2 Å². The molecule has 0 amide bonds. The molecule has 0 aromatic heterocycles. The zero-order valence-electron chi connectivity index (χ0n) is 16.7.